The average molecular weight is 420 g/mol. The number of aromatic nitrogens is 3. The molecule has 1 saturated carbocycles. The Kier molecular flexibility index (Phi) is 5.59. The van der Waals surface area contributed by atoms with E-state index in [-0.39, 0.29) is 6.10 Å². The Balaban J connectivity index is 1.53. The fourth-order valence-electron chi connectivity index (χ4n) is 4.66. The van der Waals surface area contributed by atoms with Crippen LogP contribution in [0.25, 0.3) is 11.4 Å². The molecule has 1 aromatic rings. The van der Waals surface area contributed by atoms with E-state index >= 15 is 0 Å². The molecule has 7 heteroatoms. The van der Waals surface area contributed by atoms with Crippen molar-refractivity contribution in [2.75, 3.05) is 24.6 Å². The molecule has 1 aromatic carbocycles. The number of rotatable bonds is 3. The Morgan fingerprint density at radius 1 is 1.06 bits per heavy atom. The van der Waals surface area contributed by atoms with Crippen molar-refractivity contribution in [1.29, 1.82) is 0 Å². The van der Waals surface area contributed by atoms with Crippen molar-refractivity contribution >= 4 is 11.6 Å². The third-order valence-corrected chi connectivity index (χ3v) is 6.33. The lowest BCUT2D eigenvalue weighted by Crippen LogP contribution is -2.43. The van der Waals surface area contributed by atoms with Crippen LogP contribution in [0.15, 0.2) is 47.6 Å². The summed E-state index contributed by atoms with van der Waals surface area (Å²) >= 11 is 0. The van der Waals surface area contributed by atoms with E-state index in [2.05, 4.69) is 34.1 Å². The van der Waals surface area contributed by atoms with Gasteiger partial charge in [-0.2, -0.15) is 14.7 Å². The highest BCUT2D eigenvalue weighted by atomic mass is 16.5. The zero-order valence-corrected chi connectivity index (χ0v) is 17.9. The quantitative estimate of drug-likeness (QED) is 0.646. The maximum atomic E-state index is 10.4. The molecule has 0 bridgehead atoms. The lowest BCUT2D eigenvalue weighted by Gasteiger charge is -2.31. The molecule has 1 saturated heterocycles. The predicted octanol–water partition coefficient (Wildman–Crippen LogP) is 4.13. The first-order chi connectivity index (χ1) is 15.2. The number of ether oxygens (including phenoxy) is 1. The third-order valence-electron chi connectivity index (χ3n) is 6.33. The van der Waals surface area contributed by atoms with Crippen LogP contribution in [0, 0.1) is 0 Å². The van der Waals surface area contributed by atoms with Crippen molar-refractivity contribution in [3.05, 3.63) is 53.6 Å². The number of morpholine rings is 1. The molecule has 0 radical (unpaired) electrons. The second kappa shape index (κ2) is 8.67. The lowest BCUT2D eigenvalue weighted by molar-refractivity contribution is 0.0526. The van der Waals surface area contributed by atoms with Crippen molar-refractivity contribution < 1.29 is 9.94 Å². The van der Waals surface area contributed by atoms with Gasteiger partial charge in [0, 0.05) is 19.3 Å². The Labute approximate surface area is 182 Å². The van der Waals surface area contributed by atoms with E-state index in [1.807, 2.05) is 13.0 Å². The lowest BCUT2D eigenvalue weighted by atomic mass is 9.84. The molecule has 1 unspecified atom stereocenters. The van der Waals surface area contributed by atoms with Crippen molar-refractivity contribution in [3.63, 3.8) is 0 Å². The second-order valence-corrected chi connectivity index (χ2v) is 8.60. The van der Waals surface area contributed by atoms with Crippen LogP contribution in [-0.4, -0.2) is 45.7 Å². The fourth-order valence-corrected chi connectivity index (χ4v) is 4.66. The largest absolute Gasteiger partial charge is 0.427 e. The van der Waals surface area contributed by atoms with E-state index in [1.54, 1.807) is 12.3 Å². The summed E-state index contributed by atoms with van der Waals surface area (Å²) in [6, 6.07) is 12.2. The van der Waals surface area contributed by atoms with Gasteiger partial charge in [-0.25, -0.2) is 4.99 Å². The molecular formula is C24H29N5O2. The summed E-state index contributed by atoms with van der Waals surface area (Å²) < 4.78 is 6.69. The minimum Gasteiger partial charge on any atom is -0.427 e. The Morgan fingerprint density at radius 2 is 1.87 bits per heavy atom. The summed E-state index contributed by atoms with van der Waals surface area (Å²) in [6.07, 6.45) is 8.26. The summed E-state index contributed by atoms with van der Waals surface area (Å²) in [7, 11) is 0. The summed E-state index contributed by atoms with van der Waals surface area (Å²) in [5, 5.41) is 10.4. The number of anilines is 1. The molecule has 0 spiro atoms. The minimum absolute atomic E-state index is 0.109. The molecule has 0 aromatic heterocycles. The molecule has 3 aliphatic heterocycles. The number of hydrogen-bond donors (Lipinski definition) is 1. The third kappa shape index (κ3) is 4.28. The Bertz CT molecular complexity index is 1070. The minimum atomic E-state index is 0.109. The topological polar surface area (TPSA) is 75.8 Å². The highest BCUT2D eigenvalue weighted by Gasteiger charge is 2.22. The first kappa shape index (κ1) is 20.0. The van der Waals surface area contributed by atoms with Crippen LogP contribution < -0.4 is 10.4 Å². The highest BCUT2D eigenvalue weighted by molar-refractivity contribution is 5.58. The molecule has 5 rings (SSSR count). The number of benzene rings is 1. The van der Waals surface area contributed by atoms with Crippen LogP contribution in [0.2, 0.25) is 0 Å². The zero-order valence-electron chi connectivity index (χ0n) is 17.9. The molecular weight excluding hydrogens is 390 g/mol. The van der Waals surface area contributed by atoms with Gasteiger partial charge in [0.1, 0.15) is 0 Å². The van der Waals surface area contributed by atoms with Crippen LogP contribution >= 0.6 is 0 Å². The predicted molar refractivity (Wildman–Crippen MR) is 119 cm³/mol. The molecule has 31 heavy (non-hydrogen) atoms. The van der Waals surface area contributed by atoms with Gasteiger partial charge in [-0.05, 0) is 55.5 Å². The van der Waals surface area contributed by atoms with E-state index < -0.39 is 0 Å². The van der Waals surface area contributed by atoms with Crippen LogP contribution in [0.1, 0.15) is 50.5 Å². The van der Waals surface area contributed by atoms with Crippen LogP contribution in [0.3, 0.4) is 0 Å². The summed E-state index contributed by atoms with van der Waals surface area (Å²) in [4.78, 5) is 16.3. The zero-order chi connectivity index (χ0) is 21.2. The second-order valence-electron chi connectivity index (χ2n) is 8.60. The molecule has 162 valence electrons. The Morgan fingerprint density at radius 3 is 2.65 bits per heavy atom. The van der Waals surface area contributed by atoms with Crippen LogP contribution in [0.4, 0.5) is 11.6 Å². The standard InChI is InChI=1S/C24H29N5O2/c1-17-16-28(14-15-31-17)24-26-22(21-8-5-13-29(30)23(21)27-24)25-20-11-9-19(10-12-20)18-6-3-2-4-7-18/h5,8-13,17-18,30H,2-4,6-7,14-16H2,1H3. The van der Waals surface area contributed by atoms with Gasteiger partial charge in [-0.3, -0.25) is 0 Å². The van der Waals surface area contributed by atoms with Crippen LogP contribution in [-0.2, 0) is 4.74 Å². The van der Waals surface area contributed by atoms with Gasteiger partial charge in [0.2, 0.25) is 5.95 Å². The molecule has 1 atom stereocenters. The fraction of sp³-hybridized carbons (Fsp3) is 0.458. The molecule has 7 nitrogen and oxygen atoms in total. The van der Waals surface area contributed by atoms with E-state index in [1.165, 1.54) is 37.7 Å². The van der Waals surface area contributed by atoms with E-state index in [4.69, 9.17) is 14.7 Å². The van der Waals surface area contributed by atoms with Gasteiger partial charge in [-0.1, -0.05) is 31.4 Å². The van der Waals surface area contributed by atoms with Crippen molar-refractivity contribution in [3.8, 4) is 11.4 Å². The maximum Gasteiger partial charge on any atom is 0.229 e. The van der Waals surface area contributed by atoms with Crippen molar-refractivity contribution in [1.82, 2.24) is 14.7 Å². The van der Waals surface area contributed by atoms with E-state index in [0.29, 0.717) is 48.4 Å². The maximum absolute atomic E-state index is 10.4. The summed E-state index contributed by atoms with van der Waals surface area (Å²) in [5.41, 5.74) is 3.54. The van der Waals surface area contributed by atoms with E-state index in [0.717, 1.165) is 10.4 Å². The van der Waals surface area contributed by atoms with Gasteiger partial charge in [0.05, 0.1) is 24.0 Å². The number of nitrogens with zero attached hydrogens (tertiary/aromatic N) is 5. The molecule has 0 amide bonds. The SMILES string of the molecule is CC1CN(c2nc3n(O)cccc-3c(=Nc3ccc(C4CCCCC4)cc3)n2)CCO1. The van der Waals surface area contributed by atoms with Crippen LogP contribution in [0.5, 0.6) is 0 Å². The summed E-state index contributed by atoms with van der Waals surface area (Å²) in [5.74, 6) is 1.68. The first-order valence-corrected chi connectivity index (χ1v) is 11.3. The summed E-state index contributed by atoms with van der Waals surface area (Å²) in [6.45, 7) is 4.09. The monoisotopic (exact) mass is 419 g/mol. The number of hydrogen-bond acceptors (Lipinski definition) is 6. The first-order valence-electron chi connectivity index (χ1n) is 11.3. The molecule has 1 N–H and O–H groups in total. The molecule has 1 aliphatic carbocycles. The average Bonchev–Trinajstić information content (AvgIpc) is 2.81. The molecule has 4 aliphatic rings. The number of pyridine rings is 1. The molecule has 2 fully saturated rings. The normalized spacial score (nSPS) is 21.0. The molecule has 3 heterocycles. The van der Waals surface area contributed by atoms with Gasteiger partial charge >= 0.3 is 0 Å². The van der Waals surface area contributed by atoms with Gasteiger partial charge in [0.25, 0.3) is 0 Å². The Hall–Kier alpha value is -2.93. The van der Waals surface area contributed by atoms with Gasteiger partial charge in [-0.15, -0.1) is 0 Å². The number of fused-ring (bicyclic) bond motifs is 1. The van der Waals surface area contributed by atoms with Crippen molar-refractivity contribution in [2.45, 2.75) is 51.0 Å². The smallest absolute Gasteiger partial charge is 0.229 e. The van der Waals surface area contributed by atoms with Gasteiger partial charge < -0.3 is 14.8 Å². The van der Waals surface area contributed by atoms with Crippen molar-refractivity contribution in [2.24, 2.45) is 4.99 Å². The van der Waals surface area contributed by atoms with E-state index in [9.17, 15) is 5.21 Å². The van der Waals surface area contributed by atoms with Gasteiger partial charge in [0.15, 0.2) is 11.3 Å². The highest BCUT2D eigenvalue weighted by Crippen LogP contribution is 2.33.